The highest BCUT2D eigenvalue weighted by molar-refractivity contribution is 6.23. The number of nitro benzene ring substituents is 1. The molecule has 2 amide bonds. The average Bonchev–Trinajstić information content (AvgIpc) is 3.14. The Morgan fingerprint density at radius 1 is 1.14 bits per heavy atom. The summed E-state index contributed by atoms with van der Waals surface area (Å²) < 4.78 is 0. The zero-order valence-electron chi connectivity index (χ0n) is 11.5. The van der Waals surface area contributed by atoms with E-state index in [-0.39, 0.29) is 52.5 Å². The van der Waals surface area contributed by atoms with Gasteiger partial charge in [0.05, 0.1) is 22.4 Å². The number of amides is 2. The molecular weight excluding hydrogens is 286 g/mol. The number of imide groups is 1. The Bertz CT molecular complexity index is 727. The molecule has 1 saturated carbocycles. The summed E-state index contributed by atoms with van der Waals surface area (Å²) >= 11 is 0. The first kappa shape index (κ1) is 13.0. The van der Waals surface area contributed by atoms with Gasteiger partial charge in [0.2, 0.25) is 11.8 Å². The first-order chi connectivity index (χ1) is 10.5. The number of rotatable bonds is 2. The Kier molecular flexibility index (Phi) is 2.46. The van der Waals surface area contributed by atoms with Gasteiger partial charge in [0.15, 0.2) is 0 Å². The lowest BCUT2D eigenvalue weighted by Crippen LogP contribution is -2.32. The molecule has 1 aliphatic heterocycles. The van der Waals surface area contributed by atoms with Crippen LogP contribution < -0.4 is 10.6 Å². The molecule has 2 aliphatic carbocycles. The van der Waals surface area contributed by atoms with Crippen molar-refractivity contribution in [2.45, 2.75) is 6.42 Å². The number of fused-ring (bicyclic) bond motifs is 5. The van der Waals surface area contributed by atoms with Gasteiger partial charge in [-0.05, 0) is 30.4 Å². The first-order valence-electron chi connectivity index (χ1n) is 7.09. The molecule has 1 heterocycles. The summed E-state index contributed by atoms with van der Waals surface area (Å²) in [4.78, 5) is 36.7. The molecule has 3 aliphatic rings. The molecule has 0 spiro atoms. The Balaban J connectivity index is 1.76. The van der Waals surface area contributed by atoms with Crippen LogP contribution in [0.4, 0.5) is 17.1 Å². The molecule has 0 radical (unpaired) electrons. The van der Waals surface area contributed by atoms with Crippen LogP contribution in [0.1, 0.15) is 6.42 Å². The maximum atomic E-state index is 12.6. The van der Waals surface area contributed by atoms with E-state index < -0.39 is 4.92 Å². The van der Waals surface area contributed by atoms with Crippen LogP contribution in [0, 0.1) is 33.8 Å². The fourth-order valence-electron chi connectivity index (χ4n) is 3.99. The Hall–Kier alpha value is -2.70. The lowest BCUT2D eigenvalue weighted by molar-refractivity contribution is -0.383. The molecule has 1 aromatic carbocycles. The fraction of sp³-hybridized carbons (Fsp3) is 0.333. The normalized spacial score (nSPS) is 31.9. The van der Waals surface area contributed by atoms with Crippen LogP contribution in [0.2, 0.25) is 0 Å². The molecular formula is C15H13N3O4. The molecule has 2 bridgehead atoms. The maximum Gasteiger partial charge on any atom is 0.294 e. The summed E-state index contributed by atoms with van der Waals surface area (Å²) in [5, 5.41) is 11.0. The minimum atomic E-state index is -0.615. The number of nitrogen functional groups attached to an aromatic ring is 1. The van der Waals surface area contributed by atoms with Crippen molar-refractivity contribution in [2.24, 2.45) is 23.7 Å². The van der Waals surface area contributed by atoms with Crippen molar-refractivity contribution in [1.82, 2.24) is 0 Å². The van der Waals surface area contributed by atoms with Crippen molar-refractivity contribution in [1.29, 1.82) is 0 Å². The molecule has 0 aromatic heterocycles. The van der Waals surface area contributed by atoms with E-state index in [4.69, 9.17) is 5.73 Å². The molecule has 4 atom stereocenters. The van der Waals surface area contributed by atoms with Crippen LogP contribution in [0.3, 0.4) is 0 Å². The fourth-order valence-corrected chi connectivity index (χ4v) is 3.99. The second kappa shape index (κ2) is 4.16. The van der Waals surface area contributed by atoms with Crippen LogP contribution in [0.15, 0.2) is 30.4 Å². The number of nitrogens with two attached hydrogens (primary N) is 1. The van der Waals surface area contributed by atoms with Crippen LogP contribution >= 0.6 is 0 Å². The minimum absolute atomic E-state index is 0.00905. The van der Waals surface area contributed by atoms with E-state index in [1.165, 1.54) is 18.2 Å². The van der Waals surface area contributed by atoms with Crippen molar-refractivity contribution < 1.29 is 14.5 Å². The summed E-state index contributed by atoms with van der Waals surface area (Å²) in [6, 6.07) is 4.03. The number of allylic oxidation sites excluding steroid dienone is 2. The van der Waals surface area contributed by atoms with Gasteiger partial charge in [-0.25, -0.2) is 4.90 Å². The van der Waals surface area contributed by atoms with E-state index in [0.717, 1.165) is 11.3 Å². The third-order valence-corrected chi connectivity index (χ3v) is 4.94. The minimum Gasteiger partial charge on any atom is -0.393 e. The van der Waals surface area contributed by atoms with Crippen molar-refractivity contribution >= 4 is 28.9 Å². The van der Waals surface area contributed by atoms with Gasteiger partial charge in [-0.2, -0.15) is 0 Å². The van der Waals surface area contributed by atoms with Gasteiger partial charge < -0.3 is 5.73 Å². The standard InChI is InChI=1S/C15H13N3O4/c16-10-4-3-9(6-11(10)18(21)22)17-14(19)12-7-1-2-8(5-7)13(12)15(17)20/h1-4,6-8,12-13H,5,16H2/t7-,8+,12-,13?/m0/s1. The van der Waals surface area contributed by atoms with Gasteiger partial charge >= 0.3 is 0 Å². The average molecular weight is 299 g/mol. The van der Waals surface area contributed by atoms with E-state index >= 15 is 0 Å². The summed E-state index contributed by atoms with van der Waals surface area (Å²) in [6.45, 7) is 0. The quantitative estimate of drug-likeness (QED) is 0.293. The highest BCUT2D eigenvalue weighted by Gasteiger charge is 2.59. The maximum absolute atomic E-state index is 12.6. The molecule has 1 saturated heterocycles. The Morgan fingerprint density at radius 3 is 2.27 bits per heavy atom. The summed E-state index contributed by atoms with van der Waals surface area (Å²) in [5.74, 6) is -0.935. The molecule has 112 valence electrons. The van der Waals surface area contributed by atoms with Crippen molar-refractivity contribution in [3.63, 3.8) is 0 Å². The van der Waals surface area contributed by atoms with Crippen LogP contribution in [-0.2, 0) is 9.59 Å². The van der Waals surface area contributed by atoms with E-state index in [0.29, 0.717) is 0 Å². The molecule has 7 nitrogen and oxygen atoms in total. The molecule has 2 N–H and O–H groups in total. The van der Waals surface area contributed by atoms with Gasteiger partial charge in [-0.1, -0.05) is 12.2 Å². The van der Waals surface area contributed by atoms with Crippen molar-refractivity contribution in [3.05, 3.63) is 40.5 Å². The number of anilines is 2. The Morgan fingerprint density at radius 2 is 1.73 bits per heavy atom. The summed E-state index contributed by atoms with van der Waals surface area (Å²) in [6.07, 6.45) is 4.86. The predicted octanol–water partition coefficient (Wildman–Crippen LogP) is 1.49. The molecule has 1 unspecified atom stereocenters. The highest BCUT2D eigenvalue weighted by Crippen LogP contribution is 2.53. The molecule has 22 heavy (non-hydrogen) atoms. The number of carbonyl (C=O) groups is 2. The van der Waals surface area contributed by atoms with E-state index in [1.807, 2.05) is 12.2 Å². The van der Waals surface area contributed by atoms with Crippen LogP contribution in [0.25, 0.3) is 0 Å². The lowest BCUT2D eigenvalue weighted by Gasteiger charge is -2.17. The summed E-state index contributed by atoms with van der Waals surface area (Å²) in [5.41, 5.74) is 5.50. The molecule has 2 fully saturated rings. The molecule has 7 heteroatoms. The van der Waals surface area contributed by atoms with E-state index in [9.17, 15) is 19.7 Å². The highest BCUT2D eigenvalue weighted by atomic mass is 16.6. The SMILES string of the molecule is Nc1ccc(N2C(=O)C3[C@@H]4C=C[C@@H](C4)[C@@H]3C2=O)cc1[N+](=O)[O-]. The zero-order valence-corrected chi connectivity index (χ0v) is 11.5. The van der Waals surface area contributed by atoms with Crippen molar-refractivity contribution in [3.8, 4) is 0 Å². The Labute approximate surface area is 125 Å². The zero-order chi connectivity index (χ0) is 15.6. The van der Waals surface area contributed by atoms with Gasteiger partial charge in [0.1, 0.15) is 5.69 Å². The number of hydrogen-bond donors (Lipinski definition) is 1. The van der Waals surface area contributed by atoms with Crippen LogP contribution in [0.5, 0.6) is 0 Å². The predicted molar refractivity (Wildman–Crippen MR) is 77.7 cm³/mol. The van der Waals surface area contributed by atoms with Gasteiger partial charge in [-0.15, -0.1) is 0 Å². The second-order valence-corrected chi connectivity index (χ2v) is 6.01. The van der Waals surface area contributed by atoms with E-state index in [1.54, 1.807) is 0 Å². The molecule has 1 aromatic rings. The third-order valence-electron chi connectivity index (χ3n) is 4.94. The summed E-state index contributed by atoms with van der Waals surface area (Å²) in [7, 11) is 0. The topological polar surface area (TPSA) is 107 Å². The smallest absolute Gasteiger partial charge is 0.294 e. The molecule has 4 rings (SSSR count). The number of nitro groups is 1. The number of benzene rings is 1. The number of carbonyl (C=O) groups excluding carboxylic acids is 2. The number of hydrogen-bond acceptors (Lipinski definition) is 5. The van der Waals surface area contributed by atoms with Gasteiger partial charge in [-0.3, -0.25) is 19.7 Å². The van der Waals surface area contributed by atoms with Crippen LogP contribution in [-0.4, -0.2) is 16.7 Å². The van der Waals surface area contributed by atoms with E-state index in [2.05, 4.69) is 0 Å². The second-order valence-electron chi connectivity index (χ2n) is 6.01. The first-order valence-corrected chi connectivity index (χ1v) is 7.09. The lowest BCUT2D eigenvalue weighted by atomic mass is 9.85. The number of nitrogens with zero attached hydrogens (tertiary/aromatic N) is 2. The van der Waals surface area contributed by atoms with Gasteiger partial charge in [0, 0.05) is 6.07 Å². The third kappa shape index (κ3) is 1.50. The van der Waals surface area contributed by atoms with Gasteiger partial charge in [0.25, 0.3) is 5.69 Å². The van der Waals surface area contributed by atoms with Crippen molar-refractivity contribution in [2.75, 3.05) is 10.6 Å². The monoisotopic (exact) mass is 299 g/mol. The largest absolute Gasteiger partial charge is 0.393 e.